The van der Waals surface area contributed by atoms with Crippen LogP contribution < -0.4 is 5.32 Å². The Balaban J connectivity index is 1.78. The van der Waals surface area contributed by atoms with Gasteiger partial charge in [0.25, 0.3) is 0 Å². The van der Waals surface area contributed by atoms with Gasteiger partial charge < -0.3 is 49.8 Å². The summed E-state index contributed by atoms with van der Waals surface area (Å²) in [6.45, 7) is 15.8. The van der Waals surface area contributed by atoms with Crippen LogP contribution in [0.25, 0.3) is 0 Å². The lowest BCUT2D eigenvalue weighted by atomic mass is 9.45. The van der Waals surface area contributed by atoms with Crippen LogP contribution in [0.3, 0.4) is 0 Å². The maximum Gasteiger partial charge on any atom is 0.407 e. The molecule has 276 valence electrons. The van der Waals surface area contributed by atoms with Crippen LogP contribution in [-0.4, -0.2) is 116 Å². The molecule has 1 aliphatic heterocycles. The van der Waals surface area contributed by atoms with Crippen molar-refractivity contribution in [3.05, 3.63) is 22.8 Å². The first-order valence-corrected chi connectivity index (χ1v) is 16.6. The summed E-state index contributed by atoms with van der Waals surface area (Å²) in [5.41, 5.74) is -7.01. The van der Waals surface area contributed by atoms with Gasteiger partial charge in [0.15, 0.2) is 11.9 Å². The average molecular weight is 696 g/mol. The number of allylic oxidation sites excluding steroid dienone is 1. The van der Waals surface area contributed by atoms with Crippen LogP contribution >= 0.6 is 0 Å². The number of carbonyl (C=O) groups excluding carboxylic acids is 4. The maximum absolute atomic E-state index is 14.4. The second kappa shape index (κ2) is 13.0. The van der Waals surface area contributed by atoms with Crippen molar-refractivity contribution < 1.29 is 63.7 Å². The Hall–Kier alpha value is -2.88. The van der Waals surface area contributed by atoms with Gasteiger partial charge >= 0.3 is 18.0 Å². The molecule has 11 atom stereocenters. The predicted molar refractivity (Wildman–Crippen MR) is 173 cm³/mol. The summed E-state index contributed by atoms with van der Waals surface area (Å²) in [5, 5.41) is 61.6. The molecule has 2 bridgehead atoms. The molecule has 14 nitrogen and oxygen atoms in total. The second-order valence-corrected chi connectivity index (χ2v) is 16.4. The number of amides is 1. The number of ketones is 1. The molecule has 14 heteroatoms. The fourth-order valence-corrected chi connectivity index (χ4v) is 8.18. The number of aliphatic hydroxyl groups excluding tert-OH is 3. The highest BCUT2D eigenvalue weighted by Gasteiger charge is 2.76. The molecule has 2 saturated carbocycles. The third-order valence-corrected chi connectivity index (χ3v) is 10.9. The molecule has 1 amide bonds. The Labute approximate surface area is 286 Å². The number of hydrogen-bond donors (Lipinski definition) is 6. The van der Waals surface area contributed by atoms with Gasteiger partial charge in [0.2, 0.25) is 0 Å². The van der Waals surface area contributed by atoms with E-state index in [2.05, 4.69) is 5.32 Å². The molecule has 1 unspecified atom stereocenters. The van der Waals surface area contributed by atoms with Crippen molar-refractivity contribution in [2.45, 2.75) is 136 Å². The molecule has 0 aromatic heterocycles. The number of Topliss-reactive ketones (excluding diaryl/α,β-unsaturated/α-hetero) is 1. The van der Waals surface area contributed by atoms with Crippen molar-refractivity contribution in [3.63, 3.8) is 0 Å². The maximum atomic E-state index is 14.4. The zero-order chi connectivity index (χ0) is 37.2. The number of hydrogen-bond acceptors (Lipinski definition) is 13. The number of carbonyl (C=O) groups is 4. The van der Waals surface area contributed by atoms with Crippen molar-refractivity contribution in [1.29, 1.82) is 0 Å². The van der Waals surface area contributed by atoms with Crippen LogP contribution in [0.5, 0.6) is 0 Å². The molecule has 49 heavy (non-hydrogen) atoms. The molecule has 0 aromatic carbocycles. The van der Waals surface area contributed by atoms with Gasteiger partial charge in [0.05, 0.1) is 36.9 Å². The van der Waals surface area contributed by atoms with E-state index in [0.29, 0.717) is 5.57 Å². The zero-order valence-electron chi connectivity index (χ0n) is 30.0. The fourth-order valence-electron chi connectivity index (χ4n) is 8.18. The molecule has 0 spiro atoms. The van der Waals surface area contributed by atoms with E-state index >= 15 is 0 Å². The summed E-state index contributed by atoms with van der Waals surface area (Å²) in [5.74, 6) is -4.38. The Morgan fingerprint density at radius 2 is 1.69 bits per heavy atom. The summed E-state index contributed by atoms with van der Waals surface area (Å²) in [7, 11) is 0. The molecule has 3 fully saturated rings. The molecular formula is C35H53NO13. The normalized spacial score (nSPS) is 37.9. The summed E-state index contributed by atoms with van der Waals surface area (Å²) >= 11 is 0. The Morgan fingerprint density at radius 3 is 2.20 bits per heavy atom. The van der Waals surface area contributed by atoms with Gasteiger partial charge in [-0.2, -0.15) is 0 Å². The van der Waals surface area contributed by atoms with Crippen molar-refractivity contribution in [3.8, 4) is 0 Å². The van der Waals surface area contributed by atoms with E-state index in [9.17, 15) is 44.7 Å². The number of nitrogens with one attached hydrogen (secondary N) is 1. The first-order chi connectivity index (χ1) is 22.3. The topological polar surface area (TPSA) is 218 Å². The molecule has 1 saturated heterocycles. The van der Waals surface area contributed by atoms with Crippen molar-refractivity contribution in [2.24, 2.45) is 22.2 Å². The van der Waals surface area contributed by atoms with Crippen LogP contribution in [-0.2, 0) is 33.3 Å². The van der Waals surface area contributed by atoms with E-state index in [1.165, 1.54) is 19.9 Å². The van der Waals surface area contributed by atoms with E-state index in [1.54, 1.807) is 27.7 Å². The fraction of sp³-hybridized carbons (Fsp3) is 0.771. The van der Waals surface area contributed by atoms with E-state index in [4.69, 9.17) is 18.9 Å². The standard InChI is InChI=1S/C35H53NO13/c1-16(2)11-19(36-30(43)47-14-31(5,6)7)24(39)29(42)49-20-13-35(45)28(48-18(4)37)26-33(10,21(38)12-22-34(26,44)15-46-22)27(41)25(40)23(17(20)3)32(35,8)9/h11,19-22,24-26,28,38-40,44-45H,12-15H2,1-10H3,(H,36,43)/t19-,20?,21-,22+,24+,25+,26-,28-,33+,34-,35+/m0/s1. The molecule has 1 heterocycles. The van der Waals surface area contributed by atoms with Crippen LogP contribution in [0, 0.1) is 22.2 Å². The van der Waals surface area contributed by atoms with Gasteiger partial charge in [0.1, 0.15) is 29.5 Å². The summed E-state index contributed by atoms with van der Waals surface area (Å²) < 4.78 is 22.4. The minimum absolute atomic E-state index is 0.0220. The van der Waals surface area contributed by atoms with Gasteiger partial charge in [-0.15, -0.1) is 0 Å². The van der Waals surface area contributed by atoms with Gasteiger partial charge in [-0.05, 0) is 44.3 Å². The number of alkyl carbamates (subject to hydrolysis) is 1. The zero-order valence-corrected chi connectivity index (χ0v) is 30.0. The quantitative estimate of drug-likeness (QED) is 0.126. The highest BCUT2D eigenvalue weighted by atomic mass is 16.6. The summed E-state index contributed by atoms with van der Waals surface area (Å²) in [6, 6.07) is -1.28. The van der Waals surface area contributed by atoms with Crippen LogP contribution in [0.15, 0.2) is 22.8 Å². The second-order valence-electron chi connectivity index (χ2n) is 16.4. The largest absolute Gasteiger partial charge is 0.459 e. The van der Waals surface area contributed by atoms with Crippen molar-refractivity contribution >= 4 is 23.8 Å². The minimum Gasteiger partial charge on any atom is -0.459 e. The van der Waals surface area contributed by atoms with Gasteiger partial charge in [-0.1, -0.05) is 46.3 Å². The number of ether oxygens (including phenoxy) is 4. The lowest BCUT2D eigenvalue weighted by Gasteiger charge is -2.66. The average Bonchev–Trinajstić information content (AvgIpc) is 2.97. The Morgan fingerprint density at radius 1 is 1.08 bits per heavy atom. The third kappa shape index (κ3) is 6.56. The predicted octanol–water partition coefficient (Wildman–Crippen LogP) is 1.24. The molecule has 0 aromatic rings. The first-order valence-electron chi connectivity index (χ1n) is 16.6. The number of rotatable bonds is 7. The van der Waals surface area contributed by atoms with Crippen molar-refractivity contribution in [2.75, 3.05) is 13.2 Å². The molecule has 6 N–H and O–H groups in total. The van der Waals surface area contributed by atoms with Crippen LogP contribution in [0.1, 0.15) is 82.1 Å². The van der Waals surface area contributed by atoms with E-state index in [0.717, 1.165) is 6.92 Å². The van der Waals surface area contributed by atoms with Gasteiger partial charge in [0, 0.05) is 31.1 Å². The Kier molecular flexibility index (Phi) is 10.3. The van der Waals surface area contributed by atoms with Crippen LogP contribution in [0.4, 0.5) is 4.79 Å². The highest BCUT2D eigenvalue weighted by molar-refractivity contribution is 5.93. The summed E-state index contributed by atoms with van der Waals surface area (Å²) in [6.07, 6.45) is -9.36. The SMILES string of the molecule is CC(=O)O[C@H]1[C@@H]2[C@]3(O)CO[C@@H]3C[C@H](O)[C@@]2(C)C(=O)[C@H](O)C2=C(C)C(OC(=O)[C@H](O)[C@H](C=C(C)C)NC(=O)OCC(C)(C)C)C[C@]1(O)C2(C)C. The molecule has 3 aliphatic carbocycles. The summed E-state index contributed by atoms with van der Waals surface area (Å²) in [4.78, 5) is 53.2. The Bertz CT molecular complexity index is 1430. The van der Waals surface area contributed by atoms with Crippen molar-refractivity contribution in [1.82, 2.24) is 5.32 Å². The van der Waals surface area contributed by atoms with E-state index in [1.807, 2.05) is 20.8 Å². The number of fused-ring (bicyclic) bond motifs is 5. The van der Waals surface area contributed by atoms with Crippen LogP contribution in [0.2, 0.25) is 0 Å². The monoisotopic (exact) mass is 695 g/mol. The molecule has 0 radical (unpaired) electrons. The molecular weight excluding hydrogens is 642 g/mol. The third-order valence-electron chi connectivity index (χ3n) is 10.9. The highest BCUT2D eigenvalue weighted by Crippen LogP contribution is 2.63. The van der Waals surface area contributed by atoms with E-state index in [-0.39, 0.29) is 36.2 Å². The lowest BCUT2D eigenvalue weighted by Crippen LogP contribution is -2.81. The van der Waals surface area contributed by atoms with Gasteiger partial charge in [-0.3, -0.25) is 9.59 Å². The first kappa shape index (κ1) is 38.9. The lowest BCUT2D eigenvalue weighted by molar-refractivity contribution is -0.345. The number of aliphatic hydroxyl groups is 5. The smallest absolute Gasteiger partial charge is 0.407 e. The number of esters is 2. The molecule has 4 rings (SSSR count). The van der Waals surface area contributed by atoms with Gasteiger partial charge in [-0.25, -0.2) is 9.59 Å². The van der Waals surface area contributed by atoms with E-state index < -0.39 is 101 Å². The minimum atomic E-state index is -2.22. The molecule has 4 aliphatic rings.